The Hall–Kier alpha value is -1.18. The Labute approximate surface area is 254 Å². The second-order valence-corrected chi connectivity index (χ2v) is 16.6. The van der Waals surface area contributed by atoms with Gasteiger partial charge in [-0.25, -0.2) is 0 Å². The summed E-state index contributed by atoms with van der Waals surface area (Å²) in [5, 5.41) is 3.30. The summed E-state index contributed by atoms with van der Waals surface area (Å²) in [5.41, 5.74) is 0.737. The first-order valence-electron chi connectivity index (χ1n) is 17.6. The van der Waals surface area contributed by atoms with Crippen molar-refractivity contribution in [3.05, 3.63) is 0 Å². The van der Waals surface area contributed by atoms with E-state index in [4.69, 9.17) is 9.47 Å². The number of carbonyl (C=O) groups excluding carboxylic acids is 2. The van der Waals surface area contributed by atoms with Gasteiger partial charge < -0.3 is 24.6 Å². The van der Waals surface area contributed by atoms with Gasteiger partial charge in [0.2, 0.25) is 11.8 Å². The molecule has 12 atom stereocenters. The maximum Gasteiger partial charge on any atom is 0.232 e. The van der Waals surface area contributed by atoms with Crippen LogP contribution in [-0.2, 0) is 19.1 Å². The molecule has 0 aromatic rings. The predicted molar refractivity (Wildman–Crippen MR) is 162 cm³/mol. The molecular weight excluding hydrogens is 526 g/mol. The Morgan fingerprint density at radius 1 is 0.881 bits per heavy atom. The minimum atomic E-state index is -0.325. The number of carbonyl (C=O) groups is 2. The Bertz CT molecular complexity index is 1050. The zero-order valence-corrected chi connectivity index (χ0v) is 27.0. The molecule has 3 heterocycles. The highest BCUT2D eigenvalue weighted by Gasteiger charge is 2.69. The van der Waals surface area contributed by atoms with Gasteiger partial charge in [-0.3, -0.25) is 9.59 Å². The normalized spacial score (nSPS) is 50.5. The quantitative estimate of drug-likeness (QED) is 0.469. The van der Waals surface area contributed by atoms with Crippen molar-refractivity contribution in [3.63, 3.8) is 0 Å². The van der Waals surface area contributed by atoms with E-state index in [1.54, 1.807) is 0 Å². The van der Waals surface area contributed by atoms with Crippen LogP contribution in [0.25, 0.3) is 0 Å². The smallest absolute Gasteiger partial charge is 0.232 e. The molecule has 7 heteroatoms. The van der Waals surface area contributed by atoms with Gasteiger partial charge in [0, 0.05) is 44.6 Å². The molecule has 3 aliphatic heterocycles. The topological polar surface area (TPSA) is 71.1 Å². The minimum Gasteiger partial charge on any atom is -0.353 e. The first-order chi connectivity index (χ1) is 20.0. The van der Waals surface area contributed by atoms with Crippen molar-refractivity contribution in [1.29, 1.82) is 0 Å². The lowest BCUT2D eigenvalue weighted by Crippen LogP contribution is -2.56. The minimum absolute atomic E-state index is 0.00128. The molecule has 2 amide bonds. The van der Waals surface area contributed by atoms with Crippen LogP contribution in [-0.4, -0.2) is 79.4 Å². The average Bonchev–Trinajstić information content (AvgIpc) is 3.40. The molecule has 0 radical (unpaired) electrons. The number of nitrogens with zero attached hydrogens (tertiary/aromatic N) is 2. The summed E-state index contributed by atoms with van der Waals surface area (Å²) in [6.07, 6.45) is 12.5. The van der Waals surface area contributed by atoms with Crippen molar-refractivity contribution in [2.75, 3.05) is 39.8 Å². The fourth-order valence-corrected chi connectivity index (χ4v) is 12.0. The average molecular weight is 584 g/mol. The standard InChI is InChI=1S/C35H57N3O4/c1-22-8-13-35(41-21-22)23(2)32-29(42-35)19-28-26-7-6-24-18-25(9-11-33(24,3)27(26)10-12-34(28,32)4)36-30(39)20-31(40)38-16-14-37(5)15-17-38/h22-29,32H,6-21H2,1-5H3,(H,36,39)/t22-,23+,24+,25?,26-,27+,28+,29+,32+,33+,34+,35-/m1/s1. The first-order valence-corrected chi connectivity index (χ1v) is 17.6. The molecule has 42 heavy (non-hydrogen) atoms. The van der Waals surface area contributed by atoms with Crippen LogP contribution in [0, 0.1) is 52.3 Å². The Balaban J connectivity index is 0.971. The van der Waals surface area contributed by atoms with Crippen molar-refractivity contribution in [3.8, 4) is 0 Å². The van der Waals surface area contributed by atoms with Gasteiger partial charge in [-0.05, 0) is 111 Å². The number of rotatable bonds is 3. The third-order valence-electron chi connectivity index (χ3n) is 14.5. The molecule has 3 saturated heterocycles. The van der Waals surface area contributed by atoms with Gasteiger partial charge in [-0.2, -0.15) is 0 Å². The lowest BCUT2D eigenvalue weighted by atomic mass is 9.44. The molecule has 1 N–H and O–H groups in total. The van der Waals surface area contributed by atoms with Crippen LogP contribution in [0.2, 0.25) is 0 Å². The van der Waals surface area contributed by atoms with Crippen LogP contribution < -0.4 is 5.32 Å². The molecule has 1 unspecified atom stereocenters. The number of nitrogens with one attached hydrogen (secondary N) is 1. The van der Waals surface area contributed by atoms with Crippen molar-refractivity contribution < 1.29 is 19.1 Å². The summed E-state index contributed by atoms with van der Waals surface area (Å²) < 4.78 is 13.5. The molecular formula is C35H57N3O4. The van der Waals surface area contributed by atoms with Gasteiger partial charge in [0.1, 0.15) is 6.42 Å². The van der Waals surface area contributed by atoms with E-state index in [1.165, 1.54) is 44.9 Å². The summed E-state index contributed by atoms with van der Waals surface area (Å²) in [4.78, 5) is 29.7. The molecule has 236 valence electrons. The highest BCUT2D eigenvalue weighted by molar-refractivity contribution is 5.97. The monoisotopic (exact) mass is 583 g/mol. The van der Waals surface area contributed by atoms with Gasteiger partial charge in [-0.15, -0.1) is 0 Å². The SMILES string of the molecule is C[C@@H]1CC[C@@]2(OC1)O[C@H]1C[C@H]3[C@@H]4CC[C@H]5CC(NC(=O)CC(=O)N6CCN(C)CC6)CC[C@]5(C)[C@H]4CC[C@]3(C)[C@H]1[C@@H]2C. The molecule has 4 aliphatic carbocycles. The maximum absolute atomic E-state index is 12.9. The third-order valence-corrected chi connectivity index (χ3v) is 14.5. The molecule has 0 aromatic heterocycles. The number of amides is 2. The second-order valence-electron chi connectivity index (χ2n) is 16.6. The van der Waals surface area contributed by atoms with Crippen molar-refractivity contribution in [2.24, 2.45) is 52.3 Å². The third kappa shape index (κ3) is 4.69. The summed E-state index contributed by atoms with van der Waals surface area (Å²) in [6, 6.07) is 0.218. The van der Waals surface area contributed by atoms with Gasteiger partial charge >= 0.3 is 0 Å². The lowest BCUT2D eigenvalue weighted by Gasteiger charge is -2.61. The van der Waals surface area contributed by atoms with Crippen LogP contribution >= 0.6 is 0 Å². The van der Waals surface area contributed by atoms with Crippen molar-refractivity contribution >= 4 is 11.8 Å². The molecule has 7 aliphatic rings. The number of fused-ring (bicyclic) bond motifs is 7. The summed E-state index contributed by atoms with van der Waals surface area (Å²) in [7, 11) is 2.08. The Kier molecular flexibility index (Phi) is 7.54. The van der Waals surface area contributed by atoms with Crippen molar-refractivity contribution in [1.82, 2.24) is 15.1 Å². The van der Waals surface area contributed by atoms with Crippen LogP contribution in [0.5, 0.6) is 0 Å². The second kappa shape index (κ2) is 10.7. The predicted octanol–water partition coefficient (Wildman–Crippen LogP) is 5.08. The van der Waals surface area contributed by atoms with E-state index in [1.807, 2.05) is 4.90 Å². The van der Waals surface area contributed by atoms with E-state index in [0.29, 0.717) is 40.6 Å². The van der Waals surface area contributed by atoms with Gasteiger partial charge in [0.25, 0.3) is 0 Å². The number of piperazine rings is 1. The molecule has 7 nitrogen and oxygen atoms in total. The molecule has 0 bridgehead atoms. The maximum atomic E-state index is 12.9. The molecule has 0 aromatic carbocycles. The molecule has 7 fully saturated rings. The van der Waals surface area contributed by atoms with E-state index in [-0.39, 0.29) is 30.1 Å². The highest BCUT2D eigenvalue weighted by Crippen LogP contribution is 2.71. The summed E-state index contributed by atoms with van der Waals surface area (Å²) in [5.74, 6) is 4.39. The lowest BCUT2D eigenvalue weighted by molar-refractivity contribution is -0.273. The number of likely N-dealkylation sites (N-methyl/N-ethyl adjacent to an activating group) is 1. The zero-order chi connectivity index (χ0) is 29.4. The Morgan fingerprint density at radius 3 is 2.38 bits per heavy atom. The summed E-state index contributed by atoms with van der Waals surface area (Å²) >= 11 is 0. The first kappa shape index (κ1) is 29.5. The van der Waals surface area contributed by atoms with Crippen LogP contribution in [0.3, 0.4) is 0 Å². The molecule has 1 spiro atoms. The largest absolute Gasteiger partial charge is 0.353 e. The number of hydrogen-bond donors (Lipinski definition) is 1. The van der Waals surface area contributed by atoms with E-state index in [0.717, 1.165) is 69.8 Å². The van der Waals surface area contributed by atoms with Gasteiger partial charge in [0.05, 0.1) is 12.7 Å². The number of ether oxygens (including phenoxy) is 2. The van der Waals surface area contributed by atoms with Crippen molar-refractivity contribution in [2.45, 2.75) is 116 Å². The van der Waals surface area contributed by atoms with Crippen LogP contribution in [0.1, 0.15) is 98.3 Å². The van der Waals surface area contributed by atoms with Crippen LogP contribution in [0.15, 0.2) is 0 Å². The van der Waals surface area contributed by atoms with Gasteiger partial charge in [-0.1, -0.05) is 27.7 Å². The summed E-state index contributed by atoms with van der Waals surface area (Å²) in [6.45, 7) is 14.1. The molecule has 7 rings (SSSR count). The van der Waals surface area contributed by atoms with Crippen LogP contribution in [0.4, 0.5) is 0 Å². The fourth-order valence-electron chi connectivity index (χ4n) is 12.0. The van der Waals surface area contributed by atoms with E-state index < -0.39 is 0 Å². The highest BCUT2D eigenvalue weighted by atomic mass is 16.7. The number of hydrogen-bond acceptors (Lipinski definition) is 5. The van der Waals surface area contributed by atoms with E-state index >= 15 is 0 Å². The Morgan fingerprint density at radius 2 is 1.64 bits per heavy atom. The zero-order valence-electron chi connectivity index (χ0n) is 27.0. The molecule has 4 saturated carbocycles. The fraction of sp³-hybridized carbons (Fsp3) is 0.943. The van der Waals surface area contributed by atoms with E-state index in [9.17, 15) is 9.59 Å². The van der Waals surface area contributed by atoms with E-state index in [2.05, 4.69) is 45.0 Å². The van der Waals surface area contributed by atoms with Gasteiger partial charge in [0.15, 0.2) is 5.79 Å².